The number of ether oxygens (including phenoxy) is 1. The molecule has 0 heterocycles. The predicted molar refractivity (Wildman–Crippen MR) is 93.7 cm³/mol. The van der Waals surface area contributed by atoms with Gasteiger partial charge in [-0.25, -0.2) is 0 Å². The van der Waals surface area contributed by atoms with Gasteiger partial charge in [0.15, 0.2) is 0 Å². The van der Waals surface area contributed by atoms with Gasteiger partial charge in [0.05, 0.1) is 9.85 Å². The van der Waals surface area contributed by atoms with E-state index in [0.717, 1.165) is 6.07 Å². The molecule has 130 valence electrons. The van der Waals surface area contributed by atoms with E-state index in [1.54, 1.807) is 6.92 Å². The van der Waals surface area contributed by atoms with Gasteiger partial charge >= 0.3 is 18.5 Å². The Labute approximate surface area is 152 Å². The van der Waals surface area contributed by atoms with Crippen molar-refractivity contribution in [3.8, 4) is 11.5 Å². The van der Waals surface area contributed by atoms with E-state index in [4.69, 9.17) is 27.6 Å². The molecular weight excluding hydrogens is 394 g/mol. The number of hydrogen-bond donors (Lipinski definition) is 0. The van der Waals surface area contributed by atoms with Crippen LogP contribution in [0.25, 0.3) is 0 Å². The van der Waals surface area contributed by atoms with Crippen LogP contribution in [0.4, 0.5) is 11.4 Å². The molecule has 0 fully saturated rings. The van der Waals surface area contributed by atoms with Crippen LogP contribution >= 0.6 is 30.0 Å². The summed E-state index contributed by atoms with van der Waals surface area (Å²) in [5.74, 6) is -0.00813. The first-order chi connectivity index (χ1) is 11.7. The predicted octanol–water partition coefficient (Wildman–Crippen LogP) is 5.12. The van der Waals surface area contributed by atoms with E-state index in [0.29, 0.717) is 12.0 Å². The second-order valence-corrected chi connectivity index (χ2v) is 7.10. The second-order valence-electron chi connectivity index (χ2n) is 4.78. The lowest BCUT2D eigenvalue weighted by Gasteiger charge is -2.10. The molecule has 11 heteroatoms. The molecule has 2 aromatic rings. The Balaban J connectivity index is 2.60. The maximum absolute atomic E-state index is 11.6. The number of nitro benzene ring substituents is 2. The van der Waals surface area contributed by atoms with Gasteiger partial charge in [0, 0.05) is 28.8 Å². The van der Waals surface area contributed by atoms with Crippen molar-refractivity contribution >= 4 is 46.7 Å². The minimum absolute atomic E-state index is 0.0949. The van der Waals surface area contributed by atoms with Crippen LogP contribution < -0.4 is 10.0 Å². The second kappa shape index (κ2) is 7.74. The van der Waals surface area contributed by atoms with Crippen LogP contribution in [0.15, 0.2) is 30.3 Å². The summed E-state index contributed by atoms with van der Waals surface area (Å²) in [5.41, 5.74) is -0.358. The average Bonchev–Trinajstić information content (AvgIpc) is 2.55. The van der Waals surface area contributed by atoms with Crippen LogP contribution in [0.2, 0.25) is 5.02 Å². The van der Waals surface area contributed by atoms with Gasteiger partial charge in [-0.2, -0.15) is 0 Å². The Morgan fingerprint density at radius 2 is 1.72 bits per heavy atom. The first-order valence-corrected chi connectivity index (χ1v) is 9.35. The summed E-state index contributed by atoms with van der Waals surface area (Å²) in [6.45, 7) is 1.72. The van der Waals surface area contributed by atoms with Crippen LogP contribution in [0.5, 0.6) is 11.5 Å². The molecule has 0 radical (unpaired) electrons. The van der Waals surface area contributed by atoms with Gasteiger partial charge in [0.2, 0.25) is 17.0 Å². The smallest absolute Gasteiger partial charge is 0.450 e. The summed E-state index contributed by atoms with van der Waals surface area (Å²) < 4.78 is 17.2. The van der Waals surface area contributed by atoms with Crippen molar-refractivity contribution < 1.29 is 19.1 Å². The van der Waals surface area contributed by atoms with Gasteiger partial charge < -0.3 is 4.74 Å². The van der Waals surface area contributed by atoms with Crippen molar-refractivity contribution in [2.75, 3.05) is 0 Å². The van der Waals surface area contributed by atoms with E-state index in [1.165, 1.54) is 24.3 Å². The molecule has 1 unspecified atom stereocenters. The number of aryl methyl sites for hydroxylation is 1. The molecule has 0 aliphatic rings. The summed E-state index contributed by atoms with van der Waals surface area (Å²) in [6, 6.07) is 6.20. The van der Waals surface area contributed by atoms with Crippen molar-refractivity contribution in [2.24, 2.45) is 0 Å². The standard InChI is InChI=1S/C14H10Cl2N2O6P/c1-2-8-5-11(18(21)22)14(25(16)23)7-13(8)24-12-4-3-9(15)6-10(12)17(19)20/h3-7H,2H2,1H3/q+1. The molecule has 2 rings (SSSR count). The van der Waals surface area contributed by atoms with Crippen molar-refractivity contribution in [3.63, 3.8) is 0 Å². The molecular formula is C14H10Cl2N2O6P+. The van der Waals surface area contributed by atoms with Gasteiger partial charge in [-0.1, -0.05) is 18.5 Å². The van der Waals surface area contributed by atoms with E-state index in [1.807, 2.05) is 0 Å². The Morgan fingerprint density at radius 3 is 2.24 bits per heavy atom. The third kappa shape index (κ3) is 4.22. The third-order valence-electron chi connectivity index (χ3n) is 3.26. The highest BCUT2D eigenvalue weighted by molar-refractivity contribution is 7.80. The summed E-state index contributed by atoms with van der Waals surface area (Å²) in [7, 11) is -2.54. The molecule has 2 aromatic carbocycles. The summed E-state index contributed by atoms with van der Waals surface area (Å²) in [4.78, 5) is 20.9. The monoisotopic (exact) mass is 403 g/mol. The quantitative estimate of drug-likeness (QED) is 0.375. The molecule has 0 bridgehead atoms. The van der Waals surface area contributed by atoms with Crippen molar-refractivity contribution in [1.29, 1.82) is 0 Å². The number of benzene rings is 2. The fraction of sp³-hybridized carbons (Fsp3) is 0.143. The number of halogens is 2. The molecule has 0 spiro atoms. The summed E-state index contributed by atoms with van der Waals surface area (Å²) >= 11 is 11.3. The molecule has 0 N–H and O–H groups in total. The molecule has 0 amide bonds. The van der Waals surface area contributed by atoms with Gasteiger partial charge in [-0.3, -0.25) is 20.2 Å². The molecule has 0 saturated heterocycles. The first-order valence-electron chi connectivity index (χ1n) is 6.80. The number of nitrogens with zero attached hydrogens (tertiary/aromatic N) is 2. The fourth-order valence-corrected chi connectivity index (χ4v) is 3.21. The van der Waals surface area contributed by atoms with E-state index in [-0.39, 0.29) is 27.5 Å². The number of rotatable bonds is 6. The average molecular weight is 404 g/mol. The van der Waals surface area contributed by atoms with Crippen molar-refractivity contribution in [3.05, 3.63) is 61.1 Å². The lowest BCUT2D eigenvalue weighted by molar-refractivity contribution is -0.385. The van der Waals surface area contributed by atoms with Gasteiger partial charge in [0.1, 0.15) is 5.75 Å². The highest BCUT2D eigenvalue weighted by Crippen LogP contribution is 2.39. The Kier molecular flexibility index (Phi) is 5.89. The van der Waals surface area contributed by atoms with E-state index >= 15 is 0 Å². The maximum Gasteiger partial charge on any atom is 0.501 e. The lowest BCUT2D eigenvalue weighted by atomic mass is 10.1. The Morgan fingerprint density at radius 1 is 1.08 bits per heavy atom. The third-order valence-corrected chi connectivity index (χ3v) is 4.78. The first kappa shape index (κ1) is 19.1. The largest absolute Gasteiger partial charge is 0.501 e. The van der Waals surface area contributed by atoms with Gasteiger partial charge in [-0.15, -0.1) is 0 Å². The molecule has 0 aliphatic heterocycles. The summed E-state index contributed by atoms with van der Waals surface area (Å²) in [6.07, 6.45) is 0.344. The molecule has 8 nitrogen and oxygen atoms in total. The van der Waals surface area contributed by atoms with Crippen LogP contribution in [-0.2, 0) is 11.0 Å². The zero-order chi connectivity index (χ0) is 18.7. The Bertz CT molecular complexity index is 890. The maximum atomic E-state index is 11.6. The zero-order valence-electron chi connectivity index (χ0n) is 12.6. The topological polar surface area (TPSA) is 113 Å². The van der Waals surface area contributed by atoms with Gasteiger partial charge in [0.25, 0.3) is 5.30 Å². The molecule has 0 aromatic heterocycles. The van der Waals surface area contributed by atoms with Crippen LogP contribution in [0.3, 0.4) is 0 Å². The normalized spacial score (nSPS) is 11.1. The van der Waals surface area contributed by atoms with Crippen LogP contribution in [-0.4, -0.2) is 9.85 Å². The van der Waals surface area contributed by atoms with Crippen molar-refractivity contribution in [1.82, 2.24) is 0 Å². The minimum atomic E-state index is -2.54. The zero-order valence-corrected chi connectivity index (χ0v) is 15.0. The minimum Gasteiger partial charge on any atom is -0.450 e. The van der Waals surface area contributed by atoms with E-state index < -0.39 is 22.7 Å². The molecule has 0 aliphatic carbocycles. The summed E-state index contributed by atoms with van der Waals surface area (Å²) in [5, 5.41) is 22.2. The Hall–Kier alpha value is -2.28. The molecule has 25 heavy (non-hydrogen) atoms. The van der Waals surface area contributed by atoms with Crippen LogP contribution in [0.1, 0.15) is 12.5 Å². The van der Waals surface area contributed by atoms with E-state index in [9.17, 15) is 24.8 Å². The fourth-order valence-electron chi connectivity index (χ4n) is 2.10. The highest BCUT2D eigenvalue weighted by atomic mass is 35.7. The highest BCUT2D eigenvalue weighted by Gasteiger charge is 2.32. The SMILES string of the molecule is CCc1cc([N+](=O)[O-])c([P+](=O)Cl)cc1Oc1ccc(Cl)cc1[N+](=O)[O-]. The molecule has 1 atom stereocenters. The number of hydrogen-bond acceptors (Lipinski definition) is 6. The molecule has 0 saturated carbocycles. The van der Waals surface area contributed by atoms with Crippen molar-refractivity contribution in [2.45, 2.75) is 13.3 Å². The lowest BCUT2D eigenvalue weighted by Crippen LogP contribution is -2.07. The van der Waals surface area contributed by atoms with E-state index in [2.05, 4.69) is 0 Å². The number of nitro groups is 2. The van der Waals surface area contributed by atoms with Gasteiger partial charge in [-0.05, 0) is 23.1 Å². The van der Waals surface area contributed by atoms with Crippen LogP contribution in [0, 0.1) is 20.2 Å².